The molecule has 1 aromatic heterocycles. The van der Waals surface area contributed by atoms with Crippen molar-refractivity contribution in [3.05, 3.63) is 48.2 Å². The van der Waals surface area contributed by atoms with Crippen molar-refractivity contribution in [2.45, 2.75) is 38.6 Å². The fraction of sp³-hybridized carbons (Fsp3) is 0.400. The Kier molecular flexibility index (Phi) is 5.14. The van der Waals surface area contributed by atoms with Crippen LogP contribution in [-0.2, 0) is 11.2 Å². The molecule has 1 fully saturated rings. The van der Waals surface area contributed by atoms with E-state index in [9.17, 15) is 4.79 Å². The first-order chi connectivity index (χ1) is 11.7. The highest BCUT2D eigenvalue weighted by molar-refractivity contribution is 5.79. The number of ether oxygens (including phenoxy) is 1. The predicted octanol–water partition coefficient (Wildman–Crippen LogP) is 3.70. The highest BCUT2D eigenvalue weighted by Crippen LogP contribution is 2.23. The molecule has 1 amide bonds. The van der Waals surface area contributed by atoms with Crippen LogP contribution in [0.3, 0.4) is 0 Å². The normalized spacial score (nSPS) is 17.6. The van der Waals surface area contributed by atoms with Gasteiger partial charge in [-0.05, 0) is 43.4 Å². The number of piperidine rings is 1. The fourth-order valence-electron chi connectivity index (χ4n) is 3.28. The number of hydrogen-bond donors (Lipinski definition) is 0. The number of pyridine rings is 1. The van der Waals surface area contributed by atoms with Gasteiger partial charge in [-0.3, -0.25) is 4.79 Å². The number of likely N-dealkylation sites (tertiary alicyclic amines) is 1. The third kappa shape index (κ3) is 3.75. The van der Waals surface area contributed by atoms with Gasteiger partial charge in [-0.15, -0.1) is 0 Å². The van der Waals surface area contributed by atoms with E-state index in [0.717, 1.165) is 36.1 Å². The van der Waals surface area contributed by atoms with Crippen LogP contribution in [0.1, 0.15) is 31.7 Å². The van der Waals surface area contributed by atoms with E-state index in [4.69, 9.17) is 4.74 Å². The van der Waals surface area contributed by atoms with Gasteiger partial charge in [0.25, 0.3) is 0 Å². The van der Waals surface area contributed by atoms with Crippen LogP contribution in [0.5, 0.6) is 5.88 Å². The zero-order valence-corrected chi connectivity index (χ0v) is 14.4. The van der Waals surface area contributed by atoms with Crippen LogP contribution in [0.2, 0.25) is 0 Å². The van der Waals surface area contributed by atoms with Crippen molar-refractivity contribution in [1.82, 2.24) is 9.88 Å². The second kappa shape index (κ2) is 7.47. The summed E-state index contributed by atoms with van der Waals surface area (Å²) < 4.78 is 5.10. The van der Waals surface area contributed by atoms with Crippen molar-refractivity contribution in [1.29, 1.82) is 0 Å². The van der Waals surface area contributed by atoms with Crippen molar-refractivity contribution >= 4 is 5.91 Å². The maximum absolute atomic E-state index is 12.6. The number of aromatic nitrogens is 1. The summed E-state index contributed by atoms with van der Waals surface area (Å²) in [5, 5.41) is 0. The molecule has 0 aliphatic carbocycles. The maximum atomic E-state index is 12.6. The molecule has 0 bridgehead atoms. The summed E-state index contributed by atoms with van der Waals surface area (Å²) in [6.07, 6.45) is 5.72. The average molecular weight is 324 g/mol. The number of amides is 1. The molecule has 2 heterocycles. The molecule has 0 saturated carbocycles. The Hall–Kier alpha value is -2.36. The summed E-state index contributed by atoms with van der Waals surface area (Å²) in [6.45, 7) is 3.04. The molecule has 126 valence electrons. The molecular formula is C20H24N2O2. The third-order valence-corrected chi connectivity index (χ3v) is 4.68. The Morgan fingerprint density at radius 3 is 2.83 bits per heavy atom. The van der Waals surface area contributed by atoms with E-state index in [1.807, 2.05) is 35.2 Å². The van der Waals surface area contributed by atoms with E-state index in [0.29, 0.717) is 18.3 Å². The first kappa shape index (κ1) is 16.5. The Morgan fingerprint density at radius 1 is 1.25 bits per heavy atom. The maximum Gasteiger partial charge on any atom is 0.227 e. The molecular weight excluding hydrogens is 300 g/mol. The number of methoxy groups -OCH3 is 1. The Bertz CT molecular complexity index is 697. The zero-order valence-electron chi connectivity index (χ0n) is 14.4. The van der Waals surface area contributed by atoms with Crippen LogP contribution in [0.15, 0.2) is 42.6 Å². The minimum absolute atomic E-state index is 0.229. The van der Waals surface area contributed by atoms with Crippen LogP contribution in [0.4, 0.5) is 0 Å². The van der Waals surface area contributed by atoms with Crippen LogP contribution in [-0.4, -0.2) is 35.5 Å². The van der Waals surface area contributed by atoms with Crippen LogP contribution in [0.25, 0.3) is 11.1 Å². The number of rotatable bonds is 4. The molecule has 3 rings (SSSR count). The average Bonchev–Trinajstić information content (AvgIpc) is 2.62. The van der Waals surface area contributed by atoms with E-state index in [1.54, 1.807) is 13.3 Å². The molecule has 0 unspecified atom stereocenters. The van der Waals surface area contributed by atoms with Gasteiger partial charge in [0.2, 0.25) is 11.8 Å². The van der Waals surface area contributed by atoms with Gasteiger partial charge in [-0.25, -0.2) is 4.98 Å². The van der Waals surface area contributed by atoms with Crippen LogP contribution < -0.4 is 4.74 Å². The number of carbonyl (C=O) groups is 1. The van der Waals surface area contributed by atoms with Gasteiger partial charge < -0.3 is 9.64 Å². The van der Waals surface area contributed by atoms with Gasteiger partial charge >= 0.3 is 0 Å². The summed E-state index contributed by atoms with van der Waals surface area (Å²) in [6, 6.07) is 12.3. The standard InChI is InChI=1S/C20H24N2O2/c1-15-6-3-4-11-22(15)20(23)13-16-7-5-8-17(12-16)18-9-10-19(24-2)21-14-18/h5,7-10,12,14-15H,3-4,6,11,13H2,1-2H3/t15-/m0/s1. The van der Waals surface area contributed by atoms with Gasteiger partial charge in [0.15, 0.2) is 0 Å². The molecule has 4 nitrogen and oxygen atoms in total. The van der Waals surface area contributed by atoms with Crippen LogP contribution >= 0.6 is 0 Å². The predicted molar refractivity (Wildman–Crippen MR) is 95.0 cm³/mol. The number of benzene rings is 1. The number of carbonyl (C=O) groups excluding carboxylic acids is 1. The molecule has 0 radical (unpaired) electrons. The van der Waals surface area contributed by atoms with E-state index in [-0.39, 0.29) is 5.91 Å². The van der Waals surface area contributed by atoms with E-state index < -0.39 is 0 Å². The lowest BCUT2D eigenvalue weighted by molar-refractivity contribution is -0.133. The molecule has 24 heavy (non-hydrogen) atoms. The topological polar surface area (TPSA) is 42.4 Å². The summed E-state index contributed by atoms with van der Waals surface area (Å²) >= 11 is 0. The smallest absolute Gasteiger partial charge is 0.227 e. The van der Waals surface area contributed by atoms with Gasteiger partial charge in [0.1, 0.15) is 0 Å². The van der Waals surface area contributed by atoms with Gasteiger partial charge in [0, 0.05) is 30.4 Å². The first-order valence-corrected chi connectivity index (χ1v) is 8.56. The first-order valence-electron chi connectivity index (χ1n) is 8.56. The van der Waals surface area contributed by atoms with E-state index >= 15 is 0 Å². The molecule has 2 aromatic rings. The molecule has 0 spiro atoms. The molecule has 4 heteroatoms. The van der Waals surface area contributed by atoms with Crippen molar-refractivity contribution in [3.63, 3.8) is 0 Å². The largest absolute Gasteiger partial charge is 0.481 e. The summed E-state index contributed by atoms with van der Waals surface area (Å²) in [5.74, 6) is 0.830. The zero-order chi connectivity index (χ0) is 16.9. The lowest BCUT2D eigenvalue weighted by atomic mass is 10.0. The number of hydrogen-bond acceptors (Lipinski definition) is 3. The SMILES string of the molecule is COc1ccc(-c2cccc(CC(=O)N3CCCC[C@@H]3C)c2)cn1. The highest BCUT2D eigenvalue weighted by atomic mass is 16.5. The molecule has 1 aliphatic heterocycles. The van der Waals surface area contributed by atoms with Gasteiger partial charge in [0.05, 0.1) is 13.5 Å². The summed E-state index contributed by atoms with van der Waals surface area (Å²) in [5.41, 5.74) is 3.14. The minimum atomic E-state index is 0.229. The highest BCUT2D eigenvalue weighted by Gasteiger charge is 2.23. The van der Waals surface area contributed by atoms with E-state index in [1.165, 1.54) is 6.42 Å². The Labute approximate surface area is 143 Å². The molecule has 1 atom stereocenters. The van der Waals surface area contributed by atoms with Gasteiger partial charge in [-0.2, -0.15) is 0 Å². The third-order valence-electron chi connectivity index (χ3n) is 4.68. The van der Waals surface area contributed by atoms with Gasteiger partial charge in [-0.1, -0.05) is 24.3 Å². The molecule has 1 saturated heterocycles. The minimum Gasteiger partial charge on any atom is -0.481 e. The van der Waals surface area contributed by atoms with E-state index in [2.05, 4.69) is 18.0 Å². The Morgan fingerprint density at radius 2 is 2.12 bits per heavy atom. The number of nitrogens with zero attached hydrogens (tertiary/aromatic N) is 2. The van der Waals surface area contributed by atoms with Crippen LogP contribution in [0, 0.1) is 0 Å². The summed E-state index contributed by atoms with van der Waals surface area (Å²) in [7, 11) is 1.61. The summed E-state index contributed by atoms with van der Waals surface area (Å²) in [4.78, 5) is 18.9. The van der Waals surface area contributed by atoms with Crippen molar-refractivity contribution in [3.8, 4) is 17.0 Å². The quantitative estimate of drug-likeness (QED) is 0.861. The van der Waals surface area contributed by atoms with Crippen molar-refractivity contribution < 1.29 is 9.53 Å². The second-order valence-electron chi connectivity index (χ2n) is 6.40. The second-order valence-corrected chi connectivity index (χ2v) is 6.40. The monoisotopic (exact) mass is 324 g/mol. The molecule has 1 aliphatic rings. The lowest BCUT2D eigenvalue weighted by Crippen LogP contribution is -2.42. The lowest BCUT2D eigenvalue weighted by Gasteiger charge is -2.33. The van der Waals surface area contributed by atoms with Crippen molar-refractivity contribution in [2.24, 2.45) is 0 Å². The molecule has 0 N–H and O–H groups in total. The fourth-order valence-corrected chi connectivity index (χ4v) is 3.28. The molecule has 1 aromatic carbocycles. The van der Waals surface area contributed by atoms with Crippen molar-refractivity contribution in [2.75, 3.05) is 13.7 Å². The Balaban J connectivity index is 1.73.